The molecule has 1 aliphatic rings. The highest BCUT2D eigenvalue weighted by molar-refractivity contribution is 9.11. The van der Waals surface area contributed by atoms with Crippen LogP contribution in [0.25, 0.3) is 0 Å². The lowest BCUT2D eigenvalue weighted by Crippen LogP contribution is -1.99. The van der Waals surface area contributed by atoms with E-state index in [4.69, 9.17) is 0 Å². The number of allylic oxidation sites excluding steroid dienone is 3. The Labute approximate surface area is 77.5 Å². The normalized spacial score (nSPS) is 23.5. The first-order chi connectivity index (χ1) is 5.29. The van der Waals surface area contributed by atoms with E-state index in [0.29, 0.717) is 0 Å². The fourth-order valence-corrected chi connectivity index (χ4v) is 1.69. The second-order valence-corrected chi connectivity index (χ2v) is 4.30. The summed E-state index contributed by atoms with van der Waals surface area (Å²) in [6.45, 7) is 3.83. The van der Waals surface area contributed by atoms with Crippen LogP contribution in [0.4, 0.5) is 0 Å². The minimum Gasteiger partial charge on any atom is -0.0889 e. The van der Waals surface area contributed by atoms with Gasteiger partial charge in [0.15, 0.2) is 0 Å². The summed E-state index contributed by atoms with van der Waals surface area (Å²) in [4.78, 5) is 0. The van der Waals surface area contributed by atoms with Gasteiger partial charge in [0, 0.05) is 0 Å². The van der Waals surface area contributed by atoms with Gasteiger partial charge in [-0.05, 0) is 42.5 Å². The van der Waals surface area contributed by atoms with E-state index in [9.17, 15) is 0 Å². The smallest absolute Gasteiger partial charge is 0.0121 e. The first-order valence-corrected chi connectivity index (χ1v) is 5.08. The van der Waals surface area contributed by atoms with E-state index in [2.05, 4.69) is 34.7 Å². The molecule has 0 amide bonds. The van der Waals surface area contributed by atoms with Gasteiger partial charge < -0.3 is 0 Å². The topological polar surface area (TPSA) is 0 Å². The van der Waals surface area contributed by atoms with E-state index in [1.54, 1.807) is 0 Å². The number of halogens is 1. The second kappa shape index (κ2) is 4.76. The van der Waals surface area contributed by atoms with E-state index in [1.807, 2.05) is 0 Å². The molecule has 0 heterocycles. The summed E-state index contributed by atoms with van der Waals surface area (Å²) in [5.74, 6) is 0.818. The molecular formula is C10H15Br. The van der Waals surface area contributed by atoms with Gasteiger partial charge in [-0.25, -0.2) is 0 Å². The maximum absolute atomic E-state index is 3.83. The van der Waals surface area contributed by atoms with Gasteiger partial charge in [-0.1, -0.05) is 34.7 Å². The van der Waals surface area contributed by atoms with Crippen molar-refractivity contribution in [3.05, 3.63) is 23.2 Å². The van der Waals surface area contributed by atoms with Gasteiger partial charge in [-0.15, -0.1) is 0 Å². The van der Waals surface area contributed by atoms with Crippen LogP contribution in [0.1, 0.15) is 32.1 Å². The molecule has 0 aromatic carbocycles. The highest BCUT2D eigenvalue weighted by atomic mass is 79.9. The fourth-order valence-electron chi connectivity index (χ4n) is 1.47. The van der Waals surface area contributed by atoms with Crippen LogP contribution in [0.2, 0.25) is 0 Å². The first kappa shape index (κ1) is 9.05. The van der Waals surface area contributed by atoms with E-state index < -0.39 is 0 Å². The van der Waals surface area contributed by atoms with Crippen LogP contribution in [0.3, 0.4) is 0 Å². The van der Waals surface area contributed by atoms with Crippen LogP contribution in [-0.2, 0) is 0 Å². The molecule has 1 atom stereocenters. The molecule has 11 heavy (non-hydrogen) atoms. The maximum atomic E-state index is 3.83. The summed E-state index contributed by atoms with van der Waals surface area (Å²) >= 11 is 3.38. The molecule has 0 aromatic heterocycles. The van der Waals surface area contributed by atoms with Gasteiger partial charge in [0.2, 0.25) is 0 Å². The molecule has 0 spiro atoms. The summed E-state index contributed by atoms with van der Waals surface area (Å²) in [6.07, 6.45) is 11.1. The Bertz CT molecular complexity index is 158. The second-order valence-electron chi connectivity index (χ2n) is 3.18. The summed E-state index contributed by atoms with van der Waals surface area (Å²) in [5.41, 5.74) is 0. The lowest BCUT2D eigenvalue weighted by atomic mass is 9.92. The molecule has 0 aromatic rings. The van der Waals surface area contributed by atoms with Crippen LogP contribution < -0.4 is 0 Å². The SMILES string of the molecule is C=C(Br)CCC1C=CCCC1. The minimum absolute atomic E-state index is 0.818. The quantitative estimate of drug-likeness (QED) is 0.623. The van der Waals surface area contributed by atoms with Gasteiger partial charge in [0.25, 0.3) is 0 Å². The van der Waals surface area contributed by atoms with E-state index >= 15 is 0 Å². The number of hydrogen-bond acceptors (Lipinski definition) is 0. The minimum atomic E-state index is 0.818. The molecule has 0 radical (unpaired) electrons. The zero-order valence-electron chi connectivity index (χ0n) is 6.85. The molecule has 0 aliphatic heterocycles. The van der Waals surface area contributed by atoms with Crippen molar-refractivity contribution >= 4 is 15.9 Å². The van der Waals surface area contributed by atoms with Crippen molar-refractivity contribution in [1.29, 1.82) is 0 Å². The molecule has 1 rings (SSSR count). The third-order valence-electron chi connectivity index (χ3n) is 2.14. The Morgan fingerprint density at radius 2 is 2.45 bits per heavy atom. The zero-order valence-corrected chi connectivity index (χ0v) is 8.44. The Kier molecular flexibility index (Phi) is 3.92. The summed E-state index contributed by atoms with van der Waals surface area (Å²) in [7, 11) is 0. The van der Waals surface area contributed by atoms with Crippen molar-refractivity contribution < 1.29 is 0 Å². The Hall–Kier alpha value is -0.0400. The summed E-state index contributed by atoms with van der Waals surface area (Å²) in [6, 6.07) is 0. The standard InChI is InChI=1S/C10H15Br/c1-9(11)7-8-10-5-3-2-4-6-10/h3,5,10H,1-2,4,6-8H2. The molecule has 0 saturated carbocycles. The van der Waals surface area contributed by atoms with Gasteiger partial charge >= 0.3 is 0 Å². The average molecular weight is 215 g/mol. The Morgan fingerprint density at radius 3 is 3.00 bits per heavy atom. The van der Waals surface area contributed by atoms with Crippen LogP contribution in [0.5, 0.6) is 0 Å². The third kappa shape index (κ3) is 3.76. The van der Waals surface area contributed by atoms with Crippen molar-refractivity contribution in [3.63, 3.8) is 0 Å². The fraction of sp³-hybridized carbons (Fsp3) is 0.600. The van der Waals surface area contributed by atoms with Crippen molar-refractivity contribution in [2.45, 2.75) is 32.1 Å². The van der Waals surface area contributed by atoms with Gasteiger partial charge in [0.1, 0.15) is 0 Å². The molecular weight excluding hydrogens is 200 g/mol. The molecule has 0 N–H and O–H groups in total. The van der Waals surface area contributed by atoms with Gasteiger partial charge in [-0.3, -0.25) is 0 Å². The molecule has 0 fully saturated rings. The zero-order chi connectivity index (χ0) is 8.10. The highest BCUT2D eigenvalue weighted by Gasteiger charge is 2.07. The van der Waals surface area contributed by atoms with Gasteiger partial charge in [-0.2, -0.15) is 0 Å². The van der Waals surface area contributed by atoms with Crippen LogP contribution in [0, 0.1) is 5.92 Å². The monoisotopic (exact) mass is 214 g/mol. The molecule has 0 saturated heterocycles. The van der Waals surface area contributed by atoms with Gasteiger partial charge in [0.05, 0.1) is 0 Å². The summed E-state index contributed by atoms with van der Waals surface area (Å²) < 4.78 is 1.14. The van der Waals surface area contributed by atoms with Crippen molar-refractivity contribution in [2.24, 2.45) is 5.92 Å². The third-order valence-corrected chi connectivity index (χ3v) is 2.54. The predicted octanol–water partition coefficient (Wildman–Crippen LogP) is 4.03. The lowest BCUT2D eigenvalue weighted by molar-refractivity contribution is 0.509. The van der Waals surface area contributed by atoms with Crippen LogP contribution in [0.15, 0.2) is 23.2 Å². The number of rotatable bonds is 3. The lowest BCUT2D eigenvalue weighted by Gasteiger charge is -2.15. The molecule has 62 valence electrons. The largest absolute Gasteiger partial charge is 0.0889 e. The van der Waals surface area contributed by atoms with E-state index in [-0.39, 0.29) is 0 Å². The molecule has 0 bridgehead atoms. The van der Waals surface area contributed by atoms with Crippen molar-refractivity contribution in [3.8, 4) is 0 Å². The van der Waals surface area contributed by atoms with E-state index in [0.717, 1.165) is 16.8 Å². The Balaban J connectivity index is 2.20. The van der Waals surface area contributed by atoms with Crippen molar-refractivity contribution in [1.82, 2.24) is 0 Å². The molecule has 1 unspecified atom stereocenters. The average Bonchev–Trinajstić information content (AvgIpc) is 2.03. The van der Waals surface area contributed by atoms with E-state index in [1.165, 1.54) is 25.7 Å². The number of hydrogen-bond donors (Lipinski definition) is 0. The van der Waals surface area contributed by atoms with Crippen molar-refractivity contribution in [2.75, 3.05) is 0 Å². The highest BCUT2D eigenvalue weighted by Crippen LogP contribution is 2.24. The molecule has 1 aliphatic carbocycles. The van der Waals surface area contributed by atoms with Crippen LogP contribution in [-0.4, -0.2) is 0 Å². The molecule has 1 heteroatoms. The first-order valence-electron chi connectivity index (χ1n) is 4.29. The molecule has 0 nitrogen and oxygen atoms in total. The Morgan fingerprint density at radius 1 is 1.64 bits per heavy atom. The predicted molar refractivity (Wildman–Crippen MR) is 53.8 cm³/mol. The van der Waals surface area contributed by atoms with Crippen LogP contribution >= 0.6 is 15.9 Å². The maximum Gasteiger partial charge on any atom is -0.0121 e. The summed E-state index contributed by atoms with van der Waals surface area (Å²) in [5, 5.41) is 0.